The predicted molar refractivity (Wildman–Crippen MR) is 124 cm³/mol. The van der Waals surface area contributed by atoms with Crippen LogP contribution in [0.4, 0.5) is 13.2 Å². The molecule has 32 heavy (non-hydrogen) atoms. The van der Waals surface area contributed by atoms with Crippen LogP contribution in [0, 0.1) is 52.8 Å². The van der Waals surface area contributed by atoms with Gasteiger partial charge in [0.15, 0.2) is 5.69 Å². The number of fused-ring (bicyclic) bond motifs is 5. The van der Waals surface area contributed by atoms with Crippen LogP contribution < -0.4 is 0 Å². The largest absolute Gasteiger partial charge is 0.434 e. The maximum absolute atomic E-state index is 12.9. The quantitative estimate of drug-likeness (QED) is 0.432. The van der Waals surface area contributed by atoms with Crippen LogP contribution in [-0.2, 0) is 12.6 Å². The van der Waals surface area contributed by atoms with Crippen molar-refractivity contribution in [2.75, 3.05) is 0 Å². The molecule has 0 radical (unpaired) electrons. The number of rotatable bonds is 4. The minimum Gasteiger partial charge on any atom is -0.237 e. The summed E-state index contributed by atoms with van der Waals surface area (Å²) >= 11 is 1.18. The SMILES string of the molecule is C[C@H]1CC[C@@H]2C3CC[C@@]4(C)C(CCC4[C@H](C)CCc4nc(C(F)(F)F)cs4)[C@@H]3CC[C@@H]2C1. The van der Waals surface area contributed by atoms with Crippen molar-refractivity contribution in [3.63, 3.8) is 0 Å². The maximum atomic E-state index is 12.9. The molecule has 1 nitrogen and oxygen atoms in total. The smallest absolute Gasteiger partial charge is 0.237 e. The first-order chi connectivity index (χ1) is 15.2. The standard InChI is InChI=1S/C27H40F3NS/c1-16-4-7-19-18(14-16)6-8-21-20(19)12-13-26(3)22(9-10-23(21)26)17(2)5-11-25-31-24(15-32-25)27(28,29)30/h15-23H,4-14H2,1-3H3/t16-,17+,18+,19-,20?,21+,22?,23?,26+/m0/s1. The molecular formula is C27H40F3NS. The van der Waals surface area contributed by atoms with Gasteiger partial charge in [-0.15, -0.1) is 11.3 Å². The Morgan fingerprint density at radius 3 is 2.59 bits per heavy atom. The highest BCUT2D eigenvalue weighted by Gasteiger charge is 2.57. The van der Waals surface area contributed by atoms with Gasteiger partial charge in [0.2, 0.25) is 0 Å². The molecule has 4 aliphatic rings. The molecular weight excluding hydrogens is 427 g/mol. The number of alkyl halides is 3. The number of aryl methyl sites for hydroxylation is 1. The Morgan fingerprint density at radius 2 is 1.84 bits per heavy atom. The van der Waals surface area contributed by atoms with Crippen LogP contribution in [0.25, 0.3) is 0 Å². The predicted octanol–water partition coefficient (Wildman–Crippen LogP) is 8.64. The molecule has 0 bridgehead atoms. The zero-order valence-corrected chi connectivity index (χ0v) is 20.8. The van der Waals surface area contributed by atoms with Crippen molar-refractivity contribution in [2.45, 2.75) is 97.6 Å². The molecule has 4 saturated carbocycles. The Balaban J connectivity index is 1.23. The van der Waals surface area contributed by atoms with Crippen molar-refractivity contribution >= 4 is 11.3 Å². The molecule has 0 amide bonds. The van der Waals surface area contributed by atoms with Crippen LogP contribution >= 0.6 is 11.3 Å². The molecule has 9 atom stereocenters. The van der Waals surface area contributed by atoms with E-state index in [1.54, 1.807) is 0 Å². The number of nitrogens with zero attached hydrogens (tertiary/aromatic N) is 1. The molecule has 1 heterocycles. The Labute approximate surface area is 196 Å². The van der Waals surface area contributed by atoms with Gasteiger partial charge in [-0.25, -0.2) is 4.98 Å². The minimum absolute atomic E-state index is 0.440. The van der Waals surface area contributed by atoms with Crippen molar-refractivity contribution < 1.29 is 13.2 Å². The van der Waals surface area contributed by atoms with Gasteiger partial charge in [-0.05, 0) is 117 Å². The van der Waals surface area contributed by atoms with Gasteiger partial charge < -0.3 is 0 Å². The number of thiazole rings is 1. The third-order valence-corrected chi connectivity index (χ3v) is 11.5. The second-order valence-electron chi connectivity index (χ2n) is 12.2. The first-order valence-electron chi connectivity index (χ1n) is 13.2. The second-order valence-corrected chi connectivity index (χ2v) is 13.2. The van der Waals surface area contributed by atoms with Gasteiger partial charge in [0.05, 0.1) is 5.01 Å². The highest BCUT2D eigenvalue weighted by molar-refractivity contribution is 7.09. The van der Waals surface area contributed by atoms with Gasteiger partial charge in [-0.3, -0.25) is 0 Å². The van der Waals surface area contributed by atoms with Crippen LogP contribution in [0.3, 0.4) is 0 Å². The number of hydrogen-bond donors (Lipinski definition) is 0. The van der Waals surface area contributed by atoms with Gasteiger partial charge in [-0.1, -0.05) is 27.2 Å². The second kappa shape index (κ2) is 8.57. The van der Waals surface area contributed by atoms with Crippen LogP contribution in [0.1, 0.15) is 95.7 Å². The van der Waals surface area contributed by atoms with E-state index in [4.69, 9.17) is 0 Å². The average Bonchev–Trinajstić information content (AvgIpc) is 3.36. The third kappa shape index (κ3) is 4.07. The Kier molecular flexibility index (Phi) is 6.21. The van der Waals surface area contributed by atoms with Crippen molar-refractivity contribution in [1.82, 2.24) is 4.98 Å². The third-order valence-electron chi connectivity index (χ3n) is 10.6. The molecule has 1 aromatic rings. The van der Waals surface area contributed by atoms with Crippen LogP contribution in [0.15, 0.2) is 5.38 Å². The monoisotopic (exact) mass is 467 g/mol. The fourth-order valence-electron chi connectivity index (χ4n) is 9.17. The zero-order valence-electron chi connectivity index (χ0n) is 20.0. The van der Waals surface area contributed by atoms with E-state index in [0.29, 0.717) is 22.8 Å². The lowest BCUT2D eigenvalue weighted by molar-refractivity contribution is -0.140. The van der Waals surface area contributed by atoms with Crippen molar-refractivity contribution in [1.29, 1.82) is 0 Å². The molecule has 4 fully saturated rings. The van der Waals surface area contributed by atoms with Crippen molar-refractivity contribution in [2.24, 2.45) is 52.8 Å². The number of halogens is 3. The lowest BCUT2D eigenvalue weighted by Crippen LogP contribution is -2.49. The summed E-state index contributed by atoms with van der Waals surface area (Å²) in [6, 6.07) is 0. The molecule has 180 valence electrons. The summed E-state index contributed by atoms with van der Waals surface area (Å²) in [5.74, 6) is 7.01. The normalized spacial score (nSPS) is 42.8. The summed E-state index contributed by atoms with van der Waals surface area (Å²) in [6.07, 6.45) is 10.2. The zero-order chi connectivity index (χ0) is 22.7. The Morgan fingerprint density at radius 1 is 1.06 bits per heavy atom. The van der Waals surface area contributed by atoms with Crippen LogP contribution in [-0.4, -0.2) is 4.98 Å². The van der Waals surface area contributed by atoms with Crippen molar-refractivity contribution in [3.05, 3.63) is 16.1 Å². The van der Waals surface area contributed by atoms with Gasteiger partial charge >= 0.3 is 6.18 Å². The molecule has 5 rings (SSSR count). The van der Waals surface area contributed by atoms with Crippen LogP contribution in [0.2, 0.25) is 0 Å². The van der Waals surface area contributed by atoms with Gasteiger partial charge in [-0.2, -0.15) is 13.2 Å². The molecule has 0 saturated heterocycles. The molecule has 0 aromatic carbocycles. The minimum atomic E-state index is -4.32. The highest BCUT2D eigenvalue weighted by Crippen LogP contribution is 2.65. The number of aromatic nitrogens is 1. The molecule has 4 aliphatic carbocycles. The van der Waals surface area contributed by atoms with Crippen molar-refractivity contribution in [3.8, 4) is 0 Å². The summed E-state index contributed by atoms with van der Waals surface area (Å²) in [5.41, 5.74) is -0.279. The molecule has 3 unspecified atom stereocenters. The van der Waals surface area contributed by atoms with E-state index in [1.807, 2.05) is 0 Å². The summed E-state index contributed by atoms with van der Waals surface area (Å²) in [6.45, 7) is 7.41. The van der Waals surface area contributed by atoms with E-state index in [-0.39, 0.29) is 0 Å². The van der Waals surface area contributed by atoms with Gasteiger partial charge in [0.25, 0.3) is 0 Å². The Hall–Kier alpha value is -0.580. The van der Waals surface area contributed by atoms with E-state index in [1.165, 1.54) is 74.5 Å². The fourth-order valence-corrected chi connectivity index (χ4v) is 9.99. The summed E-state index contributed by atoms with van der Waals surface area (Å²) in [5, 5.41) is 1.83. The first-order valence-corrected chi connectivity index (χ1v) is 14.1. The molecule has 5 heteroatoms. The summed E-state index contributed by atoms with van der Waals surface area (Å²) < 4.78 is 38.7. The lowest BCUT2D eigenvalue weighted by atomic mass is 9.48. The van der Waals surface area contributed by atoms with E-state index in [2.05, 4.69) is 25.8 Å². The van der Waals surface area contributed by atoms with Gasteiger partial charge in [0.1, 0.15) is 0 Å². The molecule has 0 N–H and O–H groups in total. The van der Waals surface area contributed by atoms with E-state index in [9.17, 15) is 13.2 Å². The lowest BCUT2D eigenvalue weighted by Gasteiger charge is -2.56. The fraction of sp³-hybridized carbons (Fsp3) is 0.889. The average molecular weight is 468 g/mol. The molecule has 0 aliphatic heterocycles. The number of hydrogen-bond acceptors (Lipinski definition) is 2. The topological polar surface area (TPSA) is 12.9 Å². The van der Waals surface area contributed by atoms with E-state index < -0.39 is 11.9 Å². The molecule has 1 aromatic heterocycles. The Bertz CT molecular complexity index is 803. The highest BCUT2D eigenvalue weighted by atomic mass is 32.1. The maximum Gasteiger partial charge on any atom is 0.434 e. The van der Waals surface area contributed by atoms with Crippen LogP contribution in [0.5, 0.6) is 0 Å². The summed E-state index contributed by atoms with van der Waals surface area (Å²) in [7, 11) is 0. The molecule has 0 spiro atoms. The summed E-state index contributed by atoms with van der Waals surface area (Å²) in [4.78, 5) is 3.87. The van der Waals surface area contributed by atoms with E-state index in [0.717, 1.165) is 47.8 Å². The van der Waals surface area contributed by atoms with E-state index >= 15 is 0 Å². The van der Waals surface area contributed by atoms with Gasteiger partial charge in [0, 0.05) is 5.38 Å². The first kappa shape index (κ1) is 23.2.